The first-order valence-electron chi connectivity index (χ1n) is 14.6. The number of ether oxygens (including phenoxy) is 1. The number of nitrogens with zero attached hydrogens (tertiary/aromatic N) is 5. The Balaban J connectivity index is 1.35. The predicted molar refractivity (Wildman–Crippen MR) is 162 cm³/mol. The summed E-state index contributed by atoms with van der Waals surface area (Å²) in [5.41, 5.74) is 3.92. The molecule has 43 heavy (non-hydrogen) atoms. The van der Waals surface area contributed by atoms with Crippen LogP contribution in [0.5, 0.6) is 0 Å². The molecule has 3 heterocycles. The Morgan fingerprint density at radius 2 is 1.81 bits per heavy atom. The molecular weight excluding hydrogens is 565 g/mol. The van der Waals surface area contributed by atoms with E-state index in [2.05, 4.69) is 41.4 Å². The van der Waals surface area contributed by atoms with Crippen molar-refractivity contribution < 1.29 is 17.5 Å². The molecule has 2 aliphatic rings. The van der Waals surface area contributed by atoms with Crippen molar-refractivity contribution in [3.63, 3.8) is 0 Å². The van der Waals surface area contributed by atoms with E-state index < -0.39 is 21.0 Å². The lowest BCUT2D eigenvalue weighted by Gasteiger charge is -2.35. The zero-order valence-electron chi connectivity index (χ0n) is 24.4. The molecule has 3 atom stereocenters. The van der Waals surface area contributed by atoms with Crippen molar-refractivity contribution in [2.45, 2.75) is 49.1 Å². The van der Waals surface area contributed by atoms with Gasteiger partial charge in [0.25, 0.3) is 0 Å². The number of benzene rings is 3. The topological polar surface area (TPSA) is 82.3 Å². The molecule has 0 unspecified atom stereocenters. The van der Waals surface area contributed by atoms with Crippen LogP contribution in [-0.2, 0) is 32.3 Å². The maximum atomic E-state index is 14.0. The Labute approximate surface area is 250 Å². The Morgan fingerprint density at radius 3 is 2.51 bits per heavy atom. The highest BCUT2D eigenvalue weighted by Gasteiger charge is 2.62. The van der Waals surface area contributed by atoms with E-state index in [0.717, 1.165) is 33.3 Å². The minimum absolute atomic E-state index is 0.0203. The smallest absolute Gasteiger partial charge is 0.246 e. The fourth-order valence-electron chi connectivity index (χ4n) is 7.49. The van der Waals surface area contributed by atoms with Gasteiger partial charge in [0.15, 0.2) is 0 Å². The Morgan fingerprint density at radius 1 is 1.05 bits per heavy atom. The fraction of sp³-hybridized carbons (Fsp3) is 0.333. The first kappa shape index (κ1) is 27.9. The Hall–Kier alpha value is -3.86. The number of sulfonamides is 1. The third-order valence-electron chi connectivity index (χ3n) is 9.62. The quantitative estimate of drug-likeness (QED) is 0.244. The van der Waals surface area contributed by atoms with Gasteiger partial charge in [-0.15, -0.1) is 0 Å². The van der Waals surface area contributed by atoms with Gasteiger partial charge in [0.05, 0.1) is 29.2 Å². The molecule has 1 aliphatic heterocycles. The maximum Gasteiger partial charge on any atom is 0.246 e. The van der Waals surface area contributed by atoms with Crippen LogP contribution < -0.4 is 0 Å². The summed E-state index contributed by atoms with van der Waals surface area (Å²) in [5.74, 6) is -0.278. The summed E-state index contributed by atoms with van der Waals surface area (Å²) in [4.78, 5) is 0.221. The number of halogens is 1. The standard InChI is InChI=1S/C33H34FN5O3S/c1-4-37-20-29(18-35-37)43(40,41)38-19-26-16-33(42-3,25-8-6-5-7-9-25)21-32(26,22-38)30-15-24-17-36-39(31(24)14-23(30)2)28-12-10-27(34)11-13-28/h5-15,17-18,20,26H,4,16,19,21-22H2,1-3H3/t26-,32-,33-/m0/s1. The van der Waals surface area contributed by atoms with Crippen molar-refractivity contribution in [1.29, 1.82) is 0 Å². The largest absolute Gasteiger partial charge is 0.373 e. The number of hydrogen-bond acceptors (Lipinski definition) is 5. The zero-order chi connectivity index (χ0) is 30.0. The average Bonchev–Trinajstić information content (AvgIpc) is 3.79. The van der Waals surface area contributed by atoms with Gasteiger partial charge in [-0.05, 0) is 85.7 Å². The second-order valence-corrected chi connectivity index (χ2v) is 13.8. The SMILES string of the molecule is CCn1cc(S(=O)(=O)N2C[C@@H]3C[C@@](OC)(c4ccccc4)C[C@]3(c3cc4cnn(-c5ccc(F)cc5)c4cc3C)C2)cn1. The van der Waals surface area contributed by atoms with E-state index in [1.54, 1.807) is 34.4 Å². The molecule has 10 heteroatoms. The van der Waals surface area contributed by atoms with E-state index in [-0.39, 0.29) is 16.6 Å². The van der Waals surface area contributed by atoms with Gasteiger partial charge >= 0.3 is 0 Å². The number of aromatic nitrogens is 4. The second kappa shape index (κ2) is 10.1. The van der Waals surface area contributed by atoms with Gasteiger partial charge in [-0.3, -0.25) is 4.68 Å². The van der Waals surface area contributed by atoms with Crippen LogP contribution in [0.15, 0.2) is 90.2 Å². The number of fused-ring (bicyclic) bond motifs is 2. The van der Waals surface area contributed by atoms with Crippen molar-refractivity contribution in [2.24, 2.45) is 5.92 Å². The summed E-state index contributed by atoms with van der Waals surface area (Å²) in [6.07, 6.45) is 6.22. The summed E-state index contributed by atoms with van der Waals surface area (Å²) in [6.45, 7) is 5.35. The molecular formula is C33H34FN5O3S. The summed E-state index contributed by atoms with van der Waals surface area (Å²) in [5, 5.41) is 9.82. The monoisotopic (exact) mass is 599 g/mol. The molecule has 1 saturated heterocycles. The first-order chi connectivity index (χ1) is 20.7. The lowest BCUT2D eigenvalue weighted by molar-refractivity contribution is -0.0183. The lowest BCUT2D eigenvalue weighted by Crippen LogP contribution is -2.38. The van der Waals surface area contributed by atoms with Gasteiger partial charge in [-0.25, -0.2) is 17.5 Å². The van der Waals surface area contributed by atoms with Crippen molar-refractivity contribution in [2.75, 3.05) is 20.2 Å². The van der Waals surface area contributed by atoms with Gasteiger partial charge in [0.1, 0.15) is 10.7 Å². The van der Waals surface area contributed by atoms with Crippen LogP contribution in [0.1, 0.15) is 36.5 Å². The molecule has 2 fully saturated rings. The molecule has 8 nitrogen and oxygen atoms in total. The summed E-state index contributed by atoms with van der Waals surface area (Å²) < 4.78 is 53.0. The number of rotatable bonds is 7. The minimum atomic E-state index is -3.75. The second-order valence-electron chi connectivity index (χ2n) is 11.9. The Bertz CT molecular complexity index is 1920. The molecule has 0 N–H and O–H groups in total. The van der Waals surface area contributed by atoms with Crippen LogP contribution in [0, 0.1) is 18.7 Å². The van der Waals surface area contributed by atoms with Crippen LogP contribution in [-0.4, -0.2) is 52.5 Å². The number of methoxy groups -OCH3 is 1. The molecule has 1 aliphatic carbocycles. The van der Waals surface area contributed by atoms with Gasteiger partial charge in [-0.2, -0.15) is 14.5 Å². The molecule has 0 amide bonds. The van der Waals surface area contributed by atoms with Gasteiger partial charge < -0.3 is 4.74 Å². The number of aryl methyl sites for hydroxylation is 2. The van der Waals surface area contributed by atoms with E-state index in [0.29, 0.717) is 32.5 Å². The molecule has 5 aromatic rings. The number of hydrogen-bond donors (Lipinski definition) is 0. The molecule has 0 radical (unpaired) electrons. The van der Waals surface area contributed by atoms with Crippen molar-refractivity contribution in [3.8, 4) is 5.69 Å². The van der Waals surface area contributed by atoms with Gasteiger partial charge in [0, 0.05) is 43.7 Å². The van der Waals surface area contributed by atoms with E-state index in [4.69, 9.17) is 4.74 Å². The van der Waals surface area contributed by atoms with Crippen LogP contribution in [0.3, 0.4) is 0 Å². The molecule has 0 bridgehead atoms. The molecule has 2 aromatic heterocycles. The molecule has 3 aromatic carbocycles. The molecule has 0 spiro atoms. The maximum absolute atomic E-state index is 14.0. The van der Waals surface area contributed by atoms with E-state index in [1.807, 2.05) is 36.0 Å². The average molecular weight is 600 g/mol. The van der Waals surface area contributed by atoms with Crippen LogP contribution >= 0.6 is 0 Å². The summed E-state index contributed by atoms with van der Waals surface area (Å²) in [7, 11) is -1.99. The highest BCUT2D eigenvalue weighted by Crippen LogP contribution is 2.60. The van der Waals surface area contributed by atoms with E-state index >= 15 is 0 Å². The van der Waals surface area contributed by atoms with Crippen molar-refractivity contribution in [3.05, 3.63) is 108 Å². The predicted octanol–water partition coefficient (Wildman–Crippen LogP) is 5.58. The lowest BCUT2D eigenvalue weighted by atomic mass is 9.72. The van der Waals surface area contributed by atoms with E-state index in [9.17, 15) is 12.8 Å². The third-order valence-corrected chi connectivity index (χ3v) is 11.4. The van der Waals surface area contributed by atoms with Gasteiger partial charge in [-0.1, -0.05) is 30.3 Å². The van der Waals surface area contributed by atoms with Crippen LogP contribution in [0.4, 0.5) is 4.39 Å². The first-order valence-corrected chi connectivity index (χ1v) is 16.0. The summed E-state index contributed by atoms with van der Waals surface area (Å²) in [6, 6.07) is 20.8. The minimum Gasteiger partial charge on any atom is -0.373 e. The molecule has 222 valence electrons. The van der Waals surface area contributed by atoms with Crippen LogP contribution in [0.25, 0.3) is 16.6 Å². The van der Waals surface area contributed by atoms with Crippen molar-refractivity contribution >= 4 is 20.9 Å². The summed E-state index contributed by atoms with van der Waals surface area (Å²) >= 11 is 0. The third kappa shape index (κ3) is 4.34. The zero-order valence-corrected chi connectivity index (χ0v) is 25.3. The highest BCUT2D eigenvalue weighted by molar-refractivity contribution is 7.89. The van der Waals surface area contributed by atoms with Crippen LogP contribution in [0.2, 0.25) is 0 Å². The fourth-order valence-corrected chi connectivity index (χ4v) is 9.00. The van der Waals surface area contributed by atoms with E-state index in [1.165, 1.54) is 18.3 Å². The molecule has 1 saturated carbocycles. The normalized spacial score (nSPS) is 24.1. The van der Waals surface area contributed by atoms with Crippen molar-refractivity contribution in [1.82, 2.24) is 23.9 Å². The molecule has 7 rings (SSSR count). The van der Waals surface area contributed by atoms with Gasteiger partial charge in [0.2, 0.25) is 10.0 Å². The Kier molecular flexibility index (Phi) is 6.57. The highest BCUT2D eigenvalue weighted by atomic mass is 32.2.